The Morgan fingerprint density at radius 1 is 1.19 bits per heavy atom. The highest BCUT2D eigenvalue weighted by Crippen LogP contribution is 2.36. The van der Waals surface area contributed by atoms with Crippen LogP contribution in [0.3, 0.4) is 0 Å². The van der Waals surface area contributed by atoms with Crippen LogP contribution >= 0.6 is 22.9 Å². The molecule has 1 fully saturated rings. The van der Waals surface area contributed by atoms with E-state index in [2.05, 4.69) is 10.0 Å². The molecule has 2 aromatic carbocycles. The number of rotatable bonds is 8. The molecule has 2 heterocycles. The number of benzene rings is 2. The number of hydrogen-bond acceptors (Lipinski definition) is 5. The van der Waals surface area contributed by atoms with Crippen molar-refractivity contribution in [3.05, 3.63) is 75.9 Å². The van der Waals surface area contributed by atoms with Crippen molar-refractivity contribution in [2.45, 2.75) is 37.8 Å². The first kappa shape index (κ1) is 27.2. The summed E-state index contributed by atoms with van der Waals surface area (Å²) in [6.07, 6.45) is 1.56. The van der Waals surface area contributed by atoms with Gasteiger partial charge >= 0.3 is 5.97 Å². The van der Waals surface area contributed by atoms with Gasteiger partial charge in [-0.1, -0.05) is 35.9 Å². The van der Waals surface area contributed by atoms with Crippen LogP contribution in [0.15, 0.2) is 54.6 Å². The van der Waals surface area contributed by atoms with Crippen molar-refractivity contribution in [3.8, 4) is 10.4 Å². The fourth-order valence-corrected chi connectivity index (χ4v) is 6.67. The number of nitrogens with one attached hydrogen (secondary N) is 2. The molecular formula is C25H25ClFN3O5S2. The maximum Gasteiger partial charge on any atom is 0.303 e. The Labute approximate surface area is 223 Å². The predicted octanol–water partition coefficient (Wildman–Crippen LogP) is 4.83. The van der Waals surface area contributed by atoms with Gasteiger partial charge in [-0.05, 0) is 60.7 Å². The monoisotopic (exact) mass is 565 g/mol. The van der Waals surface area contributed by atoms with Crippen LogP contribution in [-0.2, 0) is 26.2 Å². The molecule has 37 heavy (non-hydrogen) atoms. The molecule has 1 amide bonds. The molecular weight excluding hydrogens is 541 g/mol. The quantitative estimate of drug-likeness (QED) is 0.362. The molecule has 3 N–H and O–H groups in total. The van der Waals surface area contributed by atoms with Gasteiger partial charge in [-0.3, -0.25) is 9.59 Å². The molecule has 0 aliphatic carbocycles. The van der Waals surface area contributed by atoms with Gasteiger partial charge in [-0.25, -0.2) is 4.39 Å². The van der Waals surface area contributed by atoms with Crippen LogP contribution in [0.1, 0.15) is 35.7 Å². The van der Waals surface area contributed by atoms with E-state index in [9.17, 15) is 22.4 Å². The number of carbonyl (C=O) groups excluding carboxylic acids is 1. The largest absolute Gasteiger partial charge is 0.481 e. The zero-order chi connectivity index (χ0) is 26.7. The van der Waals surface area contributed by atoms with Gasteiger partial charge in [-0.15, -0.1) is 11.3 Å². The SMILES string of the molecule is CN1C(C(=O)Nc2ccc(F)c(Cl)c2)CC(c2ccc(-c3ccc(CCCC(=O)O)cc3)s2)NS1(=O)=O. The minimum absolute atomic E-state index is 0.124. The van der Waals surface area contributed by atoms with Gasteiger partial charge in [0.1, 0.15) is 11.9 Å². The molecule has 1 aliphatic heterocycles. The number of carboxylic acids is 1. The number of halogens is 2. The van der Waals surface area contributed by atoms with Crippen molar-refractivity contribution in [3.63, 3.8) is 0 Å². The van der Waals surface area contributed by atoms with Gasteiger partial charge in [0.05, 0.1) is 11.1 Å². The molecule has 4 rings (SSSR count). The Morgan fingerprint density at radius 2 is 1.92 bits per heavy atom. The molecule has 1 saturated heterocycles. The Balaban J connectivity index is 1.48. The van der Waals surface area contributed by atoms with E-state index in [1.54, 1.807) is 0 Å². The van der Waals surface area contributed by atoms with Gasteiger partial charge in [0, 0.05) is 28.9 Å². The van der Waals surface area contributed by atoms with E-state index in [0.717, 1.165) is 31.3 Å². The maximum atomic E-state index is 13.5. The van der Waals surface area contributed by atoms with E-state index in [1.807, 2.05) is 36.4 Å². The lowest BCUT2D eigenvalue weighted by molar-refractivity contribution is -0.137. The van der Waals surface area contributed by atoms with E-state index < -0.39 is 40.0 Å². The van der Waals surface area contributed by atoms with Crippen molar-refractivity contribution in [1.29, 1.82) is 0 Å². The lowest BCUT2D eigenvalue weighted by atomic mass is 10.0. The topological polar surface area (TPSA) is 116 Å². The Morgan fingerprint density at radius 3 is 2.59 bits per heavy atom. The third-order valence-electron chi connectivity index (χ3n) is 6.12. The van der Waals surface area contributed by atoms with Gasteiger partial charge in [0.2, 0.25) is 5.91 Å². The number of nitrogens with zero attached hydrogens (tertiary/aromatic N) is 1. The van der Waals surface area contributed by atoms with E-state index in [0.29, 0.717) is 12.8 Å². The van der Waals surface area contributed by atoms with Crippen LogP contribution in [0.2, 0.25) is 5.02 Å². The van der Waals surface area contributed by atoms with Crippen molar-refractivity contribution in [1.82, 2.24) is 9.03 Å². The lowest BCUT2D eigenvalue weighted by Crippen LogP contribution is -2.55. The third kappa shape index (κ3) is 6.55. The van der Waals surface area contributed by atoms with Crippen molar-refractivity contribution >= 4 is 50.7 Å². The number of amides is 1. The number of thiophene rings is 1. The summed E-state index contributed by atoms with van der Waals surface area (Å²) in [6, 6.07) is 13.7. The number of aryl methyl sites for hydroxylation is 1. The first-order valence-electron chi connectivity index (χ1n) is 11.5. The van der Waals surface area contributed by atoms with E-state index in [-0.39, 0.29) is 23.6 Å². The molecule has 12 heteroatoms. The summed E-state index contributed by atoms with van der Waals surface area (Å²) in [4.78, 5) is 25.4. The summed E-state index contributed by atoms with van der Waals surface area (Å²) < 4.78 is 42.7. The first-order chi connectivity index (χ1) is 17.5. The Kier molecular flexibility index (Phi) is 8.29. The summed E-state index contributed by atoms with van der Waals surface area (Å²) in [6.45, 7) is 0. The second kappa shape index (κ2) is 11.3. The van der Waals surface area contributed by atoms with E-state index >= 15 is 0 Å². The highest BCUT2D eigenvalue weighted by Gasteiger charge is 2.41. The predicted molar refractivity (Wildman–Crippen MR) is 141 cm³/mol. The average Bonchev–Trinajstić information content (AvgIpc) is 3.33. The van der Waals surface area contributed by atoms with Gasteiger partial charge in [0.15, 0.2) is 0 Å². The number of aliphatic carboxylic acids is 1. The second-order valence-electron chi connectivity index (χ2n) is 8.71. The van der Waals surface area contributed by atoms with Crippen LogP contribution in [0.5, 0.6) is 0 Å². The Bertz CT molecular complexity index is 1410. The molecule has 1 aromatic heterocycles. The zero-order valence-electron chi connectivity index (χ0n) is 19.8. The number of carboxylic acid groups (broad SMARTS) is 1. The van der Waals surface area contributed by atoms with Gasteiger partial charge in [0.25, 0.3) is 10.2 Å². The van der Waals surface area contributed by atoms with Crippen LogP contribution in [0.25, 0.3) is 10.4 Å². The average molecular weight is 566 g/mol. The van der Waals surface area contributed by atoms with Crippen molar-refractivity contribution < 1.29 is 27.5 Å². The molecule has 1 aliphatic rings. The van der Waals surface area contributed by atoms with Crippen LogP contribution in [0, 0.1) is 5.82 Å². The number of hydrogen-bond donors (Lipinski definition) is 3. The molecule has 0 radical (unpaired) electrons. The number of carbonyl (C=O) groups is 2. The molecule has 0 spiro atoms. The van der Waals surface area contributed by atoms with Crippen LogP contribution in [-0.4, -0.2) is 42.8 Å². The van der Waals surface area contributed by atoms with Crippen molar-refractivity contribution in [2.75, 3.05) is 12.4 Å². The highest BCUT2D eigenvalue weighted by atomic mass is 35.5. The van der Waals surface area contributed by atoms with Crippen molar-refractivity contribution in [2.24, 2.45) is 0 Å². The number of likely N-dealkylation sites (N-methyl/N-ethyl adjacent to an activating group) is 1. The summed E-state index contributed by atoms with van der Waals surface area (Å²) >= 11 is 7.22. The molecule has 2 atom stereocenters. The molecule has 3 aromatic rings. The molecule has 0 bridgehead atoms. The molecule has 2 unspecified atom stereocenters. The smallest absolute Gasteiger partial charge is 0.303 e. The van der Waals surface area contributed by atoms with Gasteiger partial charge in [-0.2, -0.15) is 17.4 Å². The number of anilines is 1. The fraction of sp³-hybridized carbons (Fsp3) is 0.280. The highest BCUT2D eigenvalue weighted by molar-refractivity contribution is 7.87. The normalized spacial score (nSPS) is 19.4. The third-order valence-corrected chi connectivity index (χ3v) is 9.26. The second-order valence-corrected chi connectivity index (χ2v) is 12.0. The van der Waals surface area contributed by atoms with Gasteiger partial charge < -0.3 is 10.4 Å². The summed E-state index contributed by atoms with van der Waals surface area (Å²) in [7, 11) is -2.60. The molecule has 8 nitrogen and oxygen atoms in total. The zero-order valence-corrected chi connectivity index (χ0v) is 22.2. The van der Waals surface area contributed by atoms with E-state index in [1.165, 1.54) is 30.5 Å². The molecule has 0 saturated carbocycles. The first-order valence-corrected chi connectivity index (χ1v) is 14.1. The standard InChI is InChI=1S/C25H25ClFN3O5S2/c1-30-21(25(33)28-17-9-10-19(27)18(26)13-17)14-20(29-37(30,34)35)23-12-11-22(36-23)16-7-5-15(6-8-16)3-2-4-24(31)32/h5-13,20-21,29H,2-4,14H2,1H3,(H,28,33)(H,31,32). The molecule has 196 valence electrons. The minimum Gasteiger partial charge on any atom is -0.481 e. The fourth-order valence-electron chi connectivity index (χ4n) is 4.07. The summed E-state index contributed by atoms with van der Waals surface area (Å²) in [5, 5.41) is 11.3. The van der Waals surface area contributed by atoms with Crippen LogP contribution in [0.4, 0.5) is 10.1 Å². The summed E-state index contributed by atoms with van der Waals surface area (Å²) in [5.41, 5.74) is 2.26. The maximum absolute atomic E-state index is 13.5. The summed E-state index contributed by atoms with van der Waals surface area (Å²) in [5.74, 6) is -1.98. The Hall–Kier alpha value is -2.83. The van der Waals surface area contributed by atoms with Crippen LogP contribution < -0.4 is 10.0 Å². The lowest BCUT2D eigenvalue weighted by Gasteiger charge is -2.35. The minimum atomic E-state index is -3.93. The van der Waals surface area contributed by atoms with E-state index in [4.69, 9.17) is 16.7 Å².